The van der Waals surface area contributed by atoms with Crippen molar-refractivity contribution in [2.75, 3.05) is 32.7 Å². The molecule has 2 saturated carbocycles. The van der Waals surface area contributed by atoms with E-state index in [4.69, 9.17) is 4.99 Å². The first kappa shape index (κ1) is 29.9. The minimum atomic E-state index is -0.876. The van der Waals surface area contributed by atoms with Crippen LogP contribution in [0.15, 0.2) is 34.8 Å². The van der Waals surface area contributed by atoms with Crippen LogP contribution in [0.5, 0.6) is 0 Å². The molecular weight excluding hydrogens is 522 g/mol. The molecule has 0 radical (unpaired) electrons. The lowest BCUT2D eigenvalue weighted by Crippen LogP contribution is -2.59. The Kier molecular flexibility index (Phi) is 8.85. The Morgan fingerprint density at radius 3 is 2.67 bits per heavy atom. The van der Waals surface area contributed by atoms with Gasteiger partial charge >= 0.3 is 0 Å². The monoisotopic (exact) mass is 575 g/mol. The van der Waals surface area contributed by atoms with Crippen molar-refractivity contribution < 1.29 is 15.0 Å². The highest BCUT2D eigenvalue weighted by Crippen LogP contribution is 2.59. The Bertz CT molecular complexity index is 1200. The van der Waals surface area contributed by atoms with E-state index in [0.717, 1.165) is 126 Å². The lowest BCUT2D eigenvalue weighted by molar-refractivity contribution is -0.0772. The number of carbonyl (C=O) groups is 1. The minimum Gasteiger partial charge on any atom is -0.393 e. The van der Waals surface area contributed by atoms with E-state index >= 15 is 0 Å². The third kappa shape index (κ3) is 5.83. The molecule has 2 N–H and O–H groups in total. The standard InChI is InChI=1S/C36H53N3O3/c1-26-9-6-17-35(2)32(16-18-36(35,42)25-39-22-8-21-38-20-7-19-37-34(38)39)30-15-13-27(23-29(40)14-12-26)24-31(30)33(41)28-10-4-3-5-11-28/h9,13,15,24,28-29,32,40,42H,3-8,10-12,14,16-23,25H2,1-2H3/t29-,32-,35-,36+/m0/s1. The van der Waals surface area contributed by atoms with Crippen LogP contribution in [0.1, 0.15) is 125 Å². The molecule has 0 unspecified atom stereocenters. The van der Waals surface area contributed by atoms with Crippen LogP contribution in [0.3, 0.4) is 0 Å². The van der Waals surface area contributed by atoms with Crippen molar-refractivity contribution >= 4 is 11.7 Å². The summed E-state index contributed by atoms with van der Waals surface area (Å²) < 4.78 is 0. The Morgan fingerprint density at radius 2 is 1.83 bits per heavy atom. The van der Waals surface area contributed by atoms with Gasteiger partial charge in [-0.1, -0.05) is 50.0 Å². The summed E-state index contributed by atoms with van der Waals surface area (Å²) in [4.78, 5) is 24.0. The number of aliphatic hydroxyl groups is 2. The quantitative estimate of drug-likeness (QED) is 0.328. The number of fused-ring (bicyclic) bond motifs is 9. The number of aliphatic imine (C=N–C) groups is 1. The molecule has 42 heavy (non-hydrogen) atoms. The maximum absolute atomic E-state index is 14.2. The molecule has 6 aliphatic rings. The van der Waals surface area contributed by atoms with E-state index in [-0.39, 0.29) is 17.3 Å². The van der Waals surface area contributed by atoms with Crippen LogP contribution in [-0.2, 0) is 6.42 Å². The number of aliphatic hydroxyl groups excluding tert-OH is 1. The summed E-state index contributed by atoms with van der Waals surface area (Å²) in [7, 11) is 0. The van der Waals surface area contributed by atoms with E-state index in [1.807, 2.05) is 0 Å². The second-order valence-electron chi connectivity index (χ2n) is 14.4. The van der Waals surface area contributed by atoms with Crippen molar-refractivity contribution in [3.05, 3.63) is 46.5 Å². The summed E-state index contributed by atoms with van der Waals surface area (Å²) in [6.07, 6.45) is 15.2. The number of allylic oxidation sites excluding steroid dienone is 2. The van der Waals surface area contributed by atoms with E-state index in [2.05, 4.69) is 47.9 Å². The third-order valence-electron chi connectivity index (χ3n) is 11.6. The summed E-state index contributed by atoms with van der Waals surface area (Å²) in [5.41, 5.74) is 3.13. The smallest absolute Gasteiger partial charge is 0.196 e. The van der Waals surface area contributed by atoms with Crippen molar-refractivity contribution in [1.29, 1.82) is 0 Å². The maximum atomic E-state index is 14.2. The van der Waals surface area contributed by atoms with Crippen LogP contribution in [-0.4, -0.2) is 76.2 Å². The molecule has 3 fully saturated rings. The lowest BCUT2D eigenvalue weighted by atomic mass is 9.64. The van der Waals surface area contributed by atoms with Gasteiger partial charge in [0.1, 0.15) is 0 Å². The zero-order chi connectivity index (χ0) is 29.3. The number of Topliss-reactive ketones (excluding diaryl/α,β-unsaturated/α-hetero) is 1. The molecule has 1 aromatic carbocycles. The summed E-state index contributed by atoms with van der Waals surface area (Å²) in [5, 5.41) is 23.7. The number of ketones is 1. The fourth-order valence-corrected chi connectivity index (χ4v) is 8.97. The van der Waals surface area contributed by atoms with Gasteiger partial charge in [-0.2, -0.15) is 0 Å². The molecule has 4 aliphatic carbocycles. The molecule has 6 nitrogen and oxygen atoms in total. The van der Waals surface area contributed by atoms with Crippen molar-refractivity contribution in [2.24, 2.45) is 16.3 Å². The van der Waals surface area contributed by atoms with Gasteiger partial charge in [-0.05, 0) is 101 Å². The van der Waals surface area contributed by atoms with E-state index in [0.29, 0.717) is 18.7 Å². The molecule has 6 heteroatoms. The Balaban J connectivity index is 1.39. The average Bonchev–Trinajstić information content (AvgIpc) is 3.25. The molecule has 0 spiro atoms. The molecule has 2 aliphatic heterocycles. The molecule has 230 valence electrons. The predicted molar refractivity (Wildman–Crippen MR) is 169 cm³/mol. The predicted octanol–water partition coefficient (Wildman–Crippen LogP) is 6.26. The van der Waals surface area contributed by atoms with Crippen molar-refractivity contribution in [1.82, 2.24) is 9.80 Å². The van der Waals surface area contributed by atoms with Gasteiger partial charge in [0.2, 0.25) is 0 Å². The summed E-state index contributed by atoms with van der Waals surface area (Å²) in [6, 6.07) is 6.48. The summed E-state index contributed by atoms with van der Waals surface area (Å²) >= 11 is 0. The fourth-order valence-electron chi connectivity index (χ4n) is 8.97. The first-order valence-corrected chi connectivity index (χ1v) is 17.0. The van der Waals surface area contributed by atoms with Crippen LogP contribution < -0.4 is 0 Å². The number of benzene rings is 1. The van der Waals surface area contributed by atoms with Gasteiger partial charge in [0.25, 0.3) is 0 Å². The SMILES string of the molecule is CC1=CCC[C@@]2(C)[C@@H](CC[C@@]2(O)CN2CCCN3CCCN=C32)c2ccc(cc2C(=O)C2CCCCC2)C[C@@H](O)CC1. The van der Waals surface area contributed by atoms with E-state index in [1.54, 1.807) is 0 Å². The zero-order valence-corrected chi connectivity index (χ0v) is 26.1. The van der Waals surface area contributed by atoms with Gasteiger partial charge in [-0.3, -0.25) is 9.79 Å². The Labute approximate surface area is 253 Å². The highest BCUT2D eigenvalue weighted by atomic mass is 16.3. The van der Waals surface area contributed by atoms with Crippen LogP contribution in [0.25, 0.3) is 0 Å². The molecular formula is C36H53N3O3. The molecule has 2 bridgehead atoms. The third-order valence-corrected chi connectivity index (χ3v) is 11.6. The van der Waals surface area contributed by atoms with E-state index in [9.17, 15) is 15.0 Å². The maximum Gasteiger partial charge on any atom is 0.196 e. The molecule has 0 amide bonds. The lowest BCUT2D eigenvalue weighted by Gasteiger charge is -2.49. The van der Waals surface area contributed by atoms with Gasteiger partial charge in [0.05, 0.1) is 18.2 Å². The largest absolute Gasteiger partial charge is 0.393 e. The van der Waals surface area contributed by atoms with Gasteiger partial charge in [-0.15, -0.1) is 0 Å². The van der Waals surface area contributed by atoms with Crippen molar-refractivity contribution in [2.45, 2.75) is 121 Å². The van der Waals surface area contributed by atoms with Crippen LogP contribution in [0.4, 0.5) is 0 Å². The van der Waals surface area contributed by atoms with Gasteiger partial charge in [-0.25, -0.2) is 0 Å². The molecule has 2 heterocycles. The highest BCUT2D eigenvalue weighted by Gasteiger charge is 2.58. The van der Waals surface area contributed by atoms with Crippen LogP contribution in [0.2, 0.25) is 0 Å². The Morgan fingerprint density at radius 1 is 1.02 bits per heavy atom. The molecule has 1 saturated heterocycles. The molecule has 0 aromatic heterocycles. The Hall–Kier alpha value is -2.18. The number of carbonyl (C=O) groups excluding carboxylic acids is 1. The summed E-state index contributed by atoms with van der Waals surface area (Å²) in [5.74, 6) is 1.58. The number of β-amino-alcohol motifs (C(OH)–C–C–N with tert-alkyl or cyclic N) is 1. The topological polar surface area (TPSA) is 76.4 Å². The number of guanidine groups is 1. The normalized spacial score (nSPS) is 33.0. The molecule has 7 rings (SSSR count). The first-order chi connectivity index (χ1) is 20.3. The average molecular weight is 576 g/mol. The second-order valence-corrected chi connectivity index (χ2v) is 14.4. The molecule has 4 atom stereocenters. The van der Waals surface area contributed by atoms with Crippen molar-refractivity contribution in [3.63, 3.8) is 0 Å². The van der Waals surface area contributed by atoms with Crippen molar-refractivity contribution in [3.8, 4) is 0 Å². The first-order valence-electron chi connectivity index (χ1n) is 17.0. The molecule has 1 aromatic rings. The van der Waals surface area contributed by atoms with Gasteiger partial charge in [0.15, 0.2) is 11.7 Å². The number of hydrogen-bond donors (Lipinski definition) is 2. The highest BCUT2D eigenvalue weighted by molar-refractivity contribution is 5.99. The summed E-state index contributed by atoms with van der Waals surface area (Å²) in [6.45, 7) is 9.04. The van der Waals surface area contributed by atoms with Crippen LogP contribution >= 0.6 is 0 Å². The minimum absolute atomic E-state index is 0.0947. The van der Waals surface area contributed by atoms with Crippen LogP contribution in [0, 0.1) is 11.3 Å². The van der Waals surface area contributed by atoms with Gasteiger partial charge < -0.3 is 20.0 Å². The van der Waals surface area contributed by atoms with E-state index in [1.165, 1.54) is 12.0 Å². The number of nitrogens with zero attached hydrogens (tertiary/aromatic N) is 3. The number of hydrogen-bond acceptors (Lipinski definition) is 6. The van der Waals surface area contributed by atoms with Gasteiger partial charge in [0, 0.05) is 43.1 Å². The van der Waals surface area contributed by atoms with E-state index < -0.39 is 11.7 Å². The zero-order valence-electron chi connectivity index (χ0n) is 26.1. The number of rotatable bonds is 4. The fraction of sp³-hybridized carbons (Fsp3) is 0.722. The second kappa shape index (κ2) is 12.4.